The highest BCUT2D eigenvalue weighted by Gasteiger charge is 2.37. The number of ether oxygens (including phenoxy) is 1. The fourth-order valence-corrected chi connectivity index (χ4v) is 2.61. The van der Waals surface area contributed by atoms with Crippen molar-refractivity contribution in [3.05, 3.63) is 48.3 Å². The molecule has 2 rings (SSSR count). The quantitative estimate of drug-likeness (QED) is 0.880. The normalized spacial score (nSPS) is 13.4. The molecule has 2 aromatic rings. The highest BCUT2D eigenvalue weighted by atomic mass is 16.5. The van der Waals surface area contributed by atoms with E-state index in [9.17, 15) is 5.11 Å². The van der Waals surface area contributed by atoms with Gasteiger partial charge in [0.15, 0.2) is 0 Å². The van der Waals surface area contributed by atoms with E-state index in [0.29, 0.717) is 0 Å². The first-order chi connectivity index (χ1) is 9.68. The predicted molar refractivity (Wildman–Crippen MR) is 78.8 cm³/mol. The second kappa shape index (κ2) is 6.20. The van der Waals surface area contributed by atoms with Crippen LogP contribution in [0.3, 0.4) is 0 Å². The molecular weight excluding hydrogens is 252 g/mol. The Morgan fingerprint density at radius 2 is 1.85 bits per heavy atom. The molecule has 0 aliphatic carbocycles. The number of rotatable bonds is 6. The van der Waals surface area contributed by atoms with Crippen LogP contribution < -0.4 is 0 Å². The first-order valence-electron chi connectivity index (χ1n) is 7.01. The summed E-state index contributed by atoms with van der Waals surface area (Å²) in [5.74, 6) is 0. The molecule has 0 aliphatic heterocycles. The summed E-state index contributed by atoms with van der Waals surface area (Å²) in [6.07, 6.45) is 2.46. The Labute approximate surface area is 120 Å². The van der Waals surface area contributed by atoms with Crippen molar-refractivity contribution in [3.63, 3.8) is 0 Å². The third-order valence-electron chi connectivity index (χ3n) is 4.05. The standard InChI is InChI=1S/C16H22N2O2/c1-4-16(5-2,20-3)15(19)14-11-12-17-18(14)13-9-7-6-8-10-13/h6-12,15,19H,4-5H2,1-3H3. The van der Waals surface area contributed by atoms with Crippen LogP contribution in [-0.2, 0) is 4.74 Å². The summed E-state index contributed by atoms with van der Waals surface area (Å²) >= 11 is 0. The zero-order chi connectivity index (χ0) is 14.6. The Hall–Kier alpha value is -1.65. The number of benzene rings is 1. The van der Waals surface area contributed by atoms with Crippen LogP contribution in [0.4, 0.5) is 0 Å². The van der Waals surface area contributed by atoms with E-state index in [-0.39, 0.29) is 0 Å². The average Bonchev–Trinajstić information content (AvgIpc) is 2.99. The molecule has 1 N–H and O–H groups in total. The van der Waals surface area contributed by atoms with Gasteiger partial charge in [0, 0.05) is 13.3 Å². The second-order valence-corrected chi connectivity index (χ2v) is 4.88. The van der Waals surface area contributed by atoms with Crippen LogP contribution in [0.2, 0.25) is 0 Å². The number of methoxy groups -OCH3 is 1. The minimum absolute atomic E-state index is 0.577. The molecule has 0 aliphatic rings. The summed E-state index contributed by atoms with van der Waals surface area (Å²) in [5.41, 5.74) is 1.11. The van der Waals surface area contributed by atoms with Gasteiger partial charge in [-0.15, -0.1) is 0 Å². The highest BCUT2D eigenvalue weighted by molar-refractivity contribution is 5.33. The van der Waals surface area contributed by atoms with Gasteiger partial charge in [-0.05, 0) is 31.0 Å². The summed E-state index contributed by atoms with van der Waals surface area (Å²) in [7, 11) is 1.65. The molecule has 1 aromatic carbocycles. The lowest BCUT2D eigenvalue weighted by Crippen LogP contribution is -2.38. The van der Waals surface area contributed by atoms with Gasteiger partial charge in [-0.3, -0.25) is 0 Å². The first kappa shape index (κ1) is 14.8. The highest BCUT2D eigenvalue weighted by Crippen LogP contribution is 2.35. The van der Waals surface area contributed by atoms with Crippen molar-refractivity contribution in [3.8, 4) is 5.69 Å². The van der Waals surface area contributed by atoms with Gasteiger partial charge >= 0.3 is 0 Å². The maximum atomic E-state index is 10.8. The molecule has 0 radical (unpaired) electrons. The topological polar surface area (TPSA) is 47.3 Å². The average molecular weight is 274 g/mol. The first-order valence-corrected chi connectivity index (χ1v) is 7.01. The van der Waals surface area contributed by atoms with E-state index in [4.69, 9.17) is 4.74 Å². The lowest BCUT2D eigenvalue weighted by Gasteiger charge is -2.35. The van der Waals surface area contributed by atoms with Crippen LogP contribution in [0, 0.1) is 0 Å². The van der Waals surface area contributed by atoms with Gasteiger partial charge in [-0.1, -0.05) is 32.0 Å². The molecule has 108 valence electrons. The molecule has 0 fully saturated rings. The number of aromatic nitrogens is 2. The van der Waals surface area contributed by atoms with E-state index in [1.807, 2.05) is 50.2 Å². The van der Waals surface area contributed by atoms with Crippen LogP contribution in [0.15, 0.2) is 42.6 Å². The van der Waals surface area contributed by atoms with Gasteiger partial charge in [0.2, 0.25) is 0 Å². The lowest BCUT2D eigenvalue weighted by molar-refractivity contribution is -0.112. The lowest BCUT2D eigenvalue weighted by atomic mass is 9.88. The molecular formula is C16H22N2O2. The number of hydrogen-bond donors (Lipinski definition) is 1. The van der Waals surface area contributed by atoms with Crippen molar-refractivity contribution in [1.29, 1.82) is 0 Å². The molecule has 4 heteroatoms. The zero-order valence-electron chi connectivity index (χ0n) is 12.3. The molecule has 1 unspecified atom stereocenters. The zero-order valence-corrected chi connectivity index (χ0v) is 12.3. The Kier molecular flexibility index (Phi) is 4.57. The second-order valence-electron chi connectivity index (χ2n) is 4.88. The van der Waals surface area contributed by atoms with Crippen molar-refractivity contribution < 1.29 is 9.84 Å². The van der Waals surface area contributed by atoms with Gasteiger partial charge in [0.1, 0.15) is 6.10 Å². The molecule has 0 saturated heterocycles. The van der Waals surface area contributed by atoms with Crippen LogP contribution in [0.5, 0.6) is 0 Å². The fourth-order valence-electron chi connectivity index (χ4n) is 2.61. The van der Waals surface area contributed by atoms with E-state index in [1.54, 1.807) is 18.0 Å². The molecule has 1 aromatic heterocycles. The maximum absolute atomic E-state index is 10.8. The van der Waals surface area contributed by atoms with Crippen molar-refractivity contribution in [1.82, 2.24) is 9.78 Å². The smallest absolute Gasteiger partial charge is 0.125 e. The maximum Gasteiger partial charge on any atom is 0.125 e. The molecule has 20 heavy (non-hydrogen) atoms. The molecule has 0 spiro atoms. The van der Waals surface area contributed by atoms with Crippen molar-refractivity contribution in [2.75, 3.05) is 7.11 Å². The van der Waals surface area contributed by atoms with Crippen LogP contribution >= 0.6 is 0 Å². The summed E-state index contributed by atoms with van der Waals surface area (Å²) in [5, 5.41) is 15.1. The van der Waals surface area contributed by atoms with E-state index in [2.05, 4.69) is 5.10 Å². The van der Waals surface area contributed by atoms with Crippen LogP contribution in [0.25, 0.3) is 5.69 Å². The van der Waals surface area contributed by atoms with Gasteiger partial charge < -0.3 is 9.84 Å². The van der Waals surface area contributed by atoms with Crippen LogP contribution in [-0.4, -0.2) is 27.6 Å². The largest absolute Gasteiger partial charge is 0.384 e. The van der Waals surface area contributed by atoms with Crippen molar-refractivity contribution >= 4 is 0 Å². The molecule has 1 heterocycles. The molecule has 4 nitrogen and oxygen atoms in total. The Morgan fingerprint density at radius 3 is 2.40 bits per heavy atom. The molecule has 0 saturated carbocycles. The monoisotopic (exact) mass is 274 g/mol. The number of aliphatic hydroxyl groups is 1. The van der Waals surface area contributed by atoms with E-state index < -0.39 is 11.7 Å². The summed E-state index contributed by atoms with van der Waals surface area (Å²) < 4.78 is 7.39. The minimum Gasteiger partial charge on any atom is -0.384 e. The molecule has 1 atom stereocenters. The van der Waals surface area contributed by atoms with E-state index >= 15 is 0 Å². The third kappa shape index (κ3) is 2.49. The van der Waals surface area contributed by atoms with Crippen molar-refractivity contribution in [2.24, 2.45) is 0 Å². The SMILES string of the molecule is CCC(CC)(OC)C(O)c1ccnn1-c1ccccc1. The Morgan fingerprint density at radius 1 is 1.20 bits per heavy atom. The summed E-state index contributed by atoms with van der Waals surface area (Å²) in [4.78, 5) is 0. The summed E-state index contributed by atoms with van der Waals surface area (Å²) in [6.45, 7) is 4.05. The van der Waals surface area contributed by atoms with Gasteiger partial charge in [0.25, 0.3) is 0 Å². The van der Waals surface area contributed by atoms with Crippen molar-refractivity contribution in [2.45, 2.75) is 38.4 Å². The number of hydrogen-bond acceptors (Lipinski definition) is 3. The third-order valence-corrected chi connectivity index (χ3v) is 4.05. The van der Waals surface area contributed by atoms with E-state index in [1.165, 1.54) is 0 Å². The number of para-hydroxylation sites is 1. The van der Waals surface area contributed by atoms with Gasteiger partial charge in [-0.2, -0.15) is 5.10 Å². The Balaban J connectivity index is 2.42. The van der Waals surface area contributed by atoms with Gasteiger partial charge in [-0.25, -0.2) is 4.68 Å². The molecule has 0 bridgehead atoms. The van der Waals surface area contributed by atoms with E-state index in [0.717, 1.165) is 24.2 Å². The fraction of sp³-hybridized carbons (Fsp3) is 0.438. The number of nitrogens with zero attached hydrogens (tertiary/aromatic N) is 2. The van der Waals surface area contributed by atoms with Crippen LogP contribution in [0.1, 0.15) is 38.5 Å². The van der Waals surface area contributed by atoms with Gasteiger partial charge in [0.05, 0.1) is 17.0 Å². The Bertz CT molecular complexity index is 524. The summed E-state index contributed by atoms with van der Waals surface area (Å²) in [6, 6.07) is 11.6. The predicted octanol–water partition coefficient (Wildman–Crippen LogP) is 3.11. The number of aliphatic hydroxyl groups excluding tert-OH is 1. The molecule has 0 amide bonds. The minimum atomic E-state index is -0.717.